The molecule has 0 aliphatic rings. The molecule has 1 aromatic rings. The van der Waals surface area contributed by atoms with Crippen molar-refractivity contribution in [2.75, 3.05) is 19.5 Å². The van der Waals surface area contributed by atoms with E-state index >= 15 is 0 Å². The fourth-order valence-electron chi connectivity index (χ4n) is 1.56. The van der Waals surface area contributed by atoms with Crippen molar-refractivity contribution >= 4 is 11.8 Å². The van der Waals surface area contributed by atoms with Gasteiger partial charge >= 0.3 is 0 Å². The predicted molar refractivity (Wildman–Crippen MR) is 67.7 cm³/mol. The second-order valence-corrected chi connectivity index (χ2v) is 4.69. The van der Waals surface area contributed by atoms with Crippen molar-refractivity contribution in [2.24, 2.45) is 0 Å². The van der Waals surface area contributed by atoms with E-state index < -0.39 is 0 Å². The van der Waals surface area contributed by atoms with E-state index in [0.717, 1.165) is 5.56 Å². The Labute approximate surface area is 105 Å². The first kappa shape index (κ1) is 14.4. The van der Waals surface area contributed by atoms with E-state index in [2.05, 4.69) is 5.32 Å². The van der Waals surface area contributed by atoms with Crippen LogP contribution in [-0.2, 0) is 0 Å². The van der Waals surface area contributed by atoms with Crippen LogP contribution in [0.3, 0.4) is 0 Å². The minimum Gasteiger partial charge on any atom is -0.395 e. The first-order valence-corrected chi connectivity index (χ1v) is 6.66. The van der Waals surface area contributed by atoms with Crippen LogP contribution >= 0.6 is 11.8 Å². The Kier molecular flexibility index (Phi) is 5.91. The van der Waals surface area contributed by atoms with Gasteiger partial charge < -0.3 is 15.5 Å². The monoisotopic (exact) mass is 259 g/mol. The predicted octanol–water partition coefficient (Wildman–Crippen LogP) is 1.55. The smallest absolute Gasteiger partial charge is 0.137 e. The summed E-state index contributed by atoms with van der Waals surface area (Å²) in [4.78, 5) is 0.613. The molecule has 0 saturated carbocycles. The Morgan fingerprint density at radius 2 is 2.00 bits per heavy atom. The van der Waals surface area contributed by atoms with Crippen LogP contribution in [0.15, 0.2) is 23.1 Å². The number of nitrogens with one attached hydrogen (secondary N) is 1. The molecule has 0 aromatic heterocycles. The van der Waals surface area contributed by atoms with Crippen LogP contribution < -0.4 is 5.32 Å². The zero-order valence-electron chi connectivity index (χ0n) is 9.98. The summed E-state index contributed by atoms with van der Waals surface area (Å²) >= 11 is 1.36. The first-order chi connectivity index (χ1) is 8.12. The summed E-state index contributed by atoms with van der Waals surface area (Å²) in [6.45, 7) is 1.57. The molecule has 0 heterocycles. The molecule has 3 N–H and O–H groups in total. The van der Waals surface area contributed by atoms with Gasteiger partial charge in [0.2, 0.25) is 0 Å². The molecule has 0 aliphatic heterocycles. The summed E-state index contributed by atoms with van der Waals surface area (Å²) < 4.78 is 13.6. The second kappa shape index (κ2) is 6.96. The maximum absolute atomic E-state index is 13.6. The molecule has 1 aromatic carbocycles. The third-order valence-electron chi connectivity index (χ3n) is 2.60. The van der Waals surface area contributed by atoms with Gasteiger partial charge in [0.1, 0.15) is 5.82 Å². The molecule has 0 amide bonds. The van der Waals surface area contributed by atoms with E-state index in [9.17, 15) is 4.39 Å². The van der Waals surface area contributed by atoms with Gasteiger partial charge in [0.15, 0.2) is 0 Å². The normalized spacial score (nSPS) is 13.1. The highest BCUT2D eigenvalue weighted by atomic mass is 32.2. The van der Waals surface area contributed by atoms with Crippen molar-refractivity contribution in [3.63, 3.8) is 0 Å². The van der Waals surface area contributed by atoms with E-state index in [-0.39, 0.29) is 31.1 Å². The van der Waals surface area contributed by atoms with Gasteiger partial charge in [0, 0.05) is 10.9 Å². The van der Waals surface area contributed by atoms with E-state index in [0.29, 0.717) is 4.90 Å². The zero-order valence-corrected chi connectivity index (χ0v) is 10.8. The van der Waals surface area contributed by atoms with Crippen LogP contribution in [0.5, 0.6) is 0 Å². The van der Waals surface area contributed by atoms with E-state index in [1.165, 1.54) is 17.8 Å². The van der Waals surface area contributed by atoms with Gasteiger partial charge in [-0.1, -0.05) is 6.07 Å². The first-order valence-electron chi connectivity index (χ1n) is 5.43. The highest BCUT2D eigenvalue weighted by Crippen LogP contribution is 2.23. The summed E-state index contributed by atoms with van der Waals surface area (Å²) in [6.07, 6.45) is 1.83. The van der Waals surface area contributed by atoms with Crippen molar-refractivity contribution in [3.05, 3.63) is 29.6 Å². The SMILES string of the molecule is CSc1ccc(C(C)NC(CO)CO)cc1F. The highest BCUT2D eigenvalue weighted by Gasteiger charge is 2.13. The summed E-state index contributed by atoms with van der Waals surface area (Å²) in [5.41, 5.74) is 0.798. The van der Waals surface area contributed by atoms with Gasteiger partial charge in [-0.05, 0) is 30.9 Å². The molecule has 0 fully saturated rings. The summed E-state index contributed by atoms with van der Waals surface area (Å²) in [6, 6.07) is 4.56. The average molecular weight is 259 g/mol. The number of aliphatic hydroxyl groups excluding tert-OH is 2. The van der Waals surface area contributed by atoms with Crippen molar-refractivity contribution in [1.82, 2.24) is 5.32 Å². The minimum absolute atomic E-state index is 0.121. The van der Waals surface area contributed by atoms with Gasteiger partial charge in [0.05, 0.1) is 19.3 Å². The number of thioether (sulfide) groups is 1. The van der Waals surface area contributed by atoms with E-state index in [4.69, 9.17) is 10.2 Å². The number of benzene rings is 1. The number of hydrogen-bond acceptors (Lipinski definition) is 4. The van der Waals surface area contributed by atoms with E-state index in [1.54, 1.807) is 6.07 Å². The quantitative estimate of drug-likeness (QED) is 0.679. The lowest BCUT2D eigenvalue weighted by molar-refractivity contribution is 0.163. The molecular weight excluding hydrogens is 241 g/mol. The van der Waals surface area contributed by atoms with Crippen LogP contribution in [0, 0.1) is 5.82 Å². The lowest BCUT2D eigenvalue weighted by atomic mass is 10.1. The molecule has 3 nitrogen and oxygen atoms in total. The molecule has 17 heavy (non-hydrogen) atoms. The Balaban J connectivity index is 2.75. The molecule has 0 radical (unpaired) electrons. The van der Waals surface area contributed by atoms with Crippen LogP contribution in [0.2, 0.25) is 0 Å². The average Bonchev–Trinajstić information content (AvgIpc) is 2.35. The van der Waals surface area contributed by atoms with Crippen molar-refractivity contribution in [1.29, 1.82) is 0 Å². The summed E-state index contributed by atoms with van der Waals surface area (Å²) in [5, 5.41) is 20.9. The number of hydrogen-bond donors (Lipinski definition) is 3. The minimum atomic E-state index is -0.381. The Bertz CT molecular complexity index is 358. The number of rotatable bonds is 6. The molecule has 96 valence electrons. The molecule has 1 unspecified atom stereocenters. The molecule has 1 rings (SSSR count). The lowest BCUT2D eigenvalue weighted by Gasteiger charge is -2.20. The van der Waals surface area contributed by atoms with Crippen LogP contribution in [0.4, 0.5) is 4.39 Å². The van der Waals surface area contributed by atoms with Crippen molar-refractivity contribution < 1.29 is 14.6 Å². The Morgan fingerprint density at radius 3 is 2.47 bits per heavy atom. The second-order valence-electron chi connectivity index (χ2n) is 3.84. The molecule has 0 spiro atoms. The van der Waals surface area contributed by atoms with Gasteiger partial charge in [-0.2, -0.15) is 0 Å². The molecule has 0 saturated heterocycles. The standard InChI is InChI=1S/C12H18FNO2S/c1-8(14-10(6-15)7-16)9-3-4-12(17-2)11(13)5-9/h3-5,8,10,14-16H,6-7H2,1-2H3. The van der Waals surface area contributed by atoms with Crippen molar-refractivity contribution in [3.8, 4) is 0 Å². The molecular formula is C12H18FNO2S. The fraction of sp³-hybridized carbons (Fsp3) is 0.500. The Morgan fingerprint density at radius 1 is 1.35 bits per heavy atom. The zero-order chi connectivity index (χ0) is 12.8. The highest BCUT2D eigenvalue weighted by molar-refractivity contribution is 7.98. The number of halogens is 1. The van der Waals surface area contributed by atoms with Crippen LogP contribution in [0.1, 0.15) is 18.5 Å². The third kappa shape index (κ3) is 3.96. The van der Waals surface area contributed by atoms with Crippen LogP contribution in [-0.4, -0.2) is 35.7 Å². The van der Waals surface area contributed by atoms with Crippen LogP contribution in [0.25, 0.3) is 0 Å². The van der Waals surface area contributed by atoms with Gasteiger partial charge in [-0.3, -0.25) is 0 Å². The van der Waals surface area contributed by atoms with Crippen molar-refractivity contribution in [2.45, 2.75) is 23.9 Å². The molecule has 5 heteroatoms. The van der Waals surface area contributed by atoms with Gasteiger partial charge in [-0.25, -0.2) is 4.39 Å². The molecule has 1 atom stereocenters. The maximum atomic E-state index is 13.6. The maximum Gasteiger partial charge on any atom is 0.137 e. The molecule has 0 aliphatic carbocycles. The largest absolute Gasteiger partial charge is 0.395 e. The molecule has 0 bridgehead atoms. The van der Waals surface area contributed by atoms with Gasteiger partial charge in [-0.15, -0.1) is 11.8 Å². The van der Waals surface area contributed by atoms with E-state index in [1.807, 2.05) is 19.2 Å². The lowest BCUT2D eigenvalue weighted by Crippen LogP contribution is -2.37. The summed E-state index contributed by atoms with van der Waals surface area (Å²) in [7, 11) is 0. The third-order valence-corrected chi connectivity index (χ3v) is 3.37. The van der Waals surface area contributed by atoms with Gasteiger partial charge in [0.25, 0.3) is 0 Å². The fourth-order valence-corrected chi connectivity index (χ4v) is 2.02. The number of aliphatic hydroxyl groups is 2. The topological polar surface area (TPSA) is 52.5 Å². The summed E-state index contributed by atoms with van der Waals surface area (Å²) in [5.74, 6) is -0.242. The Hall–Kier alpha value is -0.620.